The highest BCUT2D eigenvalue weighted by molar-refractivity contribution is 9.10. The van der Waals surface area contributed by atoms with Crippen molar-refractivity contribution in [1.29, 1.82) is 0 Å². The van der Waals surface area contributed by atoms with Crippen molar-refractivity contribution >= 4 is 66.7 Å². The van der Waals surface area contributed by atoms with Gasteiger partial charge in [-0.25, -0.2) is 8.42 Å². The zero-order chi connectivity index (χ0) is 26.7. The summed E-state index contributed by atoms with van der Waals surface area (Å²) < 4.78 is 27.2. The molecule has 0 spiro atoms. The maximum Gasteiger partial charge on any atom is 0.244 e. The molecule has 0 fully saturated rings. The normalized spacial score (nSPS) is 12.7. The lowest BCUT2D eigenvalue weighted by molar-refractivity contribution is -0.140. The second-order valence-corrected chi connectivity index (χ2v) is 12.9. The van der Waals surface area contributed by atoms with Crippen LogP contribution in [-0.2, 0) is 26.2 Å². The van der Waals surface area contributed by atoms with Gasteiger partial charge in [0.15, 0.2) is 0 Å². The number of rotatable bonds is 8. The highest BCUT2D eigenvalue weighted by atomic mass is 79.9. The molecule has 2 aromatic carbocycles. The summed E-state index contributed by atoms with van der Waals surface area (Å²) in [4.78, 5) is 27.9. The highest BCUT2D eigenvalue weighted by Crippen LogP contribution is 2.28. The smallest absolute Gasteiger partial charge is 0.244 e. The Bertz CT molecular complexity index is 1200. The Morgan fingerprint density at radius 2 is 1.69 bits per heavy atom. The molecule has 35 heavy (non-hydrogen) atoms. The van der Waals surface area contributed by atoms with Gasteiger partial charge in [-0.05, 0) is 70.5 Å². The molecule has 0 aromatic heterocycles. The average molecular weight is 607 g/mol. The van der Waals surface area contributed by atoms with E-state index in [4.69, 9.17) is 23.2 Å². The van der Waals surface area contributed by atoms with Gasteiger partial charge in [0.2, 0.25) is 21.8 Å². The van der Waals surface area contributed by atoms with Crippen molar-refractivity contribution in [3.8, 4) is 0 Å². The third kappa shape index (κ3) is 8.10. The first kappa shape index (κ1) is 29.4. The fourth-order valence-corrected chi connectivity index (χ4v) is 4.91. The summed E-state index contributed by atoms with van der Waals surface area (Å²) in [6.07, 6.45) is 1.03. The van der Waals surface area contributed by atoms with Gasteiger partial charge >= 0.3 is 0 Å². The number of carbonyl (C=O) groups excluding carboxylic acids is 2. The molecule has 7 nitrogen and oxygen atoms in total. The van der Waals surface area contributed by atoms with Crippen molar-refractivity contribution in [3.05, 3.63) is 62.0 Å². The number of nitrogens with one attached hydrogen (secondary N) is 1. The molecule has 0 bridgehead atoms. The highest BCUT2D eigenvalue weighted by Gasteiger charge is 2.32. The van der Waals surface area contributed by atoms with Gasteiger partial charge in [0.05, 0.1) is 11.9 Å². The summed E-state index contributed by atoms with van der Waals surface area (Å²) >= 11 is 16.1. The van der Waals surface area contributed by atoms with Crippen molar-refractivity contribution in [2.24, 2.45) is 0 Å². The zero-order valence-corrected chi connectivity index (χ0v) is 24.4. The van der Waals surface area contributed by atoms with Crippen LogP contribution in [0.2, 0.25) is 10.0 Å². The van der Waals surface area contributed by atoms with Crippen molar-refractivity contribution in [1.82, 2.24) is 10.2 Å². The van der Waals surface area contributed by atoms with E-state index >= 15 is 0 Å². The largest absolute Gasteiger partial charge is 0.350 e. The number of anilines is 1. The minimum Gasteiger partial charge on any atom is -0.350 e. The van der Waals surface area contributed by atoms with Crippen LogP contribution in [0.1, 0.15) is 38.8 Å². The van der Waals surface area contributed by atoms with Crippen LogP contribution in [0.15, 0.2) is 40.9 Å². The molecule has 2 rings (SSSR count). The molecule has 0 radical (unpaired) electrons. The van der Waals surface area contributed by atoms with Crippen molar-refractivity contribution in [2.75, 3.05) is 17.1 Å². The number of amides is 2. The number of aryl methyl sites for hydroxylation is 1. The summed E-state index contributed by atoms with van der Waals surface area (Å²) in [5.41, 5.74) is 1.07. The molecule has 0 saturated heterocycles. The van der Waals surface area contributed by atoms with Gasteiger partial charge < -0.3 is 10.2 Å². The van der Waals surface area contributed by atoms with Crippen molar-refractivity contribution in [2.45, 2.75) is 52.7 Å². The van der Waals surface area contributed by atoms with E-state index in [1.165, 1.54) is 4.90 Å². The minimum atomic E-state index is -3.82. The molecule has 0 saturated carbocycles. The lowest BCUT2D eigenvalue weighted by Crippen LogP contribution is -2.54. The summed E-state index contributed by atoms with van der Waals surface area (Å²) in [5.74, 6) is -0.969. The molecular formula is C24H30BrCl2N3O4S. The van der Waals surface area contributed by atoms with Crippen LogP contribution in [0.25, 0.3) is 0 Å². The summed E-state index contributed by atoms with van der Waals surface area (Å²) in [6.45, 7) is 8.31. The second-order valence-electron chi connectivity index (χ2n) is 9.34. The Morgan fingerprint density at radius 3 is 2.17 bits per heavy atom. The lowest BCUT2D eigenvalue weighted by Gasteiger charge is -2.33. The summed E-state index contributed by atoms with van der Waals surface area (Å²) in [7, 11) is -3.82. The third-order valence-electron chi connectivity index (χ3n) is 5.16. The van der Waals surface area contributed by atoms with Gasteiger partial charge in [0, 0.05) is 32.2 Å². The summed E-state index contributed by atoms with van der Waals surface area (Å²) in [5, 5.41) is 3.53. The van der Waals surface area contributed by atoms with Crippen LogP contribution in [0, 0.1) is 6.92 Å². The Balaban J connectivity index is 2.49. The fourth-order valence-electron chi connectivity index (χ4n) is 3.31. The standard InChI is InChI=1S/C24H30BrCl2N3O4S/c1-15-12-17(10-11-19(15)25)30(35(6,33)34)14-22(31)29(16(2)23(32)28-24(3,4)5)13-18-20(26)8-7-9-21(18)27/h7-12,16H,13-14H2,1-6H3,(H,28,32)/t16-/m1/s1. The predicted octanol–water partition coefficient (Wildman–Crippen LogP) is 5.16. The molecule has 2 aromatic rings. The number of hydrogen-bond acceptors (Lipinski definition) is 4. The van der Waals surface area contributed by atoms with E-state index in [1.54, 1.807) is 43.3 Å². The van der Waals surface area contributed by atoms with Gasteiger partial charge in [-0.3, -0.25) is 13.9 Å². The van der Waals surface area contributed by atoms with Crippen LogP contribution in [-0.4, -0.2) is 49.5 Å². The maximum absolute atomic E-state index is 13.6. The van der Waals surface area contributed by atoms with E-state index in [-0.39, 0.29) is 12.5 Å². The van der Waals surface area contributed by atoms with E-state index in [1.807, 2.05) is 27.7 Å². The number of nitrogens with zero attached hydrogens (tertiary/aromatic N) is 2. The van der Waals surface area contributed by atoms with Crippen molar-refractivity contribution in [3.63, 3.8) is 0 Å². The van der Waals surface area contributed by atoms with E-state index < -0.39 is 34.1 Å². The first-order chi connectivity index (χ1) is 16.0. The molecule has 0 aliphatic heterocycles. The van der Waals surface area contributed by atoms with E-state index in [9.17, 15) is 18.0 Å². The van der Waals surface area contributed by atoms with Crippen LogP contribution in [0.4, 0.5) is 5.69 Å². The number of benzene rings is 2. The van der Waals surface area contributed by atoms with E-state index in [0.29, 0.717) is 21.3 Å². The number of carbonyl (C=O) groups is 2. The molecule has 11 heteroatoms. The molecular weight excluding hydrogens is 577 g/mol. The predicted molar refractivity (Wildman–Crippen MR) is 145 cm³/mol. The molecule has 1 atom stereocenters. The number of hydrogen-bond donors (Lipinski definition) is 1. The Hall–Kier alpha value is -1.81. The third-order valence-corrected chi connectivity index (χ3v) is 7.90. The Labute approximate surface area is 225 Å². The topological polar surface area (TPSA) is 86.8 Å². The number of sulfonamides is 1. The van der Waals surface area contributed by atoms with Crippen molar-refractivity contribution < 1.29 is 18.0 Å². The quantitative estimate of drug-likeness (QED) is 0.449. The number of halogens is 3. The first-order valence-corrected chi connectivity index (χ1v) is 14.2. The van der Waals surface area contributed by atoms with E-state index in [0.717, 1.165) is 20.6 Å². The van der Waals surface area contributed by atoms with Gasteiger partial charge in [-0.2, -0.15) is 0 Å². The molecule has 0 aliphatic rings. The molecule has 192 valence electrons. The van der Waals surface area contributed by atoms with Gasteiger partial charge in [-0.1, -0.05) is 45.2 Å². The molecule has 2 amide bonds. The van der Waals surface area contributed by atoms with Crippen LogP contribution in [0.3, 0.4) is 0 Å². The zero-order valence-electron chi connectivity index (χ0n) is 20.5. The molecule has 0 heterocycles. The average Bonchev–Trinajstić information content (AvgIpc) is 2.71. The lowest BCUT2D eigenvalue weighted by atomic mass is 10.1. The van der Waals surface area contributed by atoms with Gasteiger partial charge in [0.25, 0.3) is 0 Å². The summed E-state index contributed by atoms with van der Waals surface area (Å²) in [6, 6.07) is 9.02. The first-order valence-electron chi connectivity index (χ1n) is 10.8. The van der Waals surface area contributed by atoms with Gasteiger partial charge in [-0.15, -0.1) is 0 Å². The van der Waals surface area contributed by atoms with Gasteiger partial charge in [0.1, 0.15) is 12.6 Å². The monoisotopic (exact) mass is 605 g/mol. The Morgan fingerprint density at radius 1 is 1.11 bits per heavy atom. The van der Waals surface area contributed by atoms with E-state index in [2.05, 4.69) is 21.2 Å². The fraction of sp³-hybridized carbons (Fsp3) is 0.417. The maximum atomic E-state index is 13.6. The SMILES string of the molecule is Cc1cc(N(CC(=O)N(Cc2c(Cl)cccc2Cl)[C@H](C)C(=O)NC(C)(C)C)S(C)(=O)=O)ccc1Br. The van der Waals surface area contributed by atoms with Crippen LogP contribution >= 0.6 is 39.1 Å². The van der Waals surface area contributed by atoms with Crippen LogP contribution < -0.4 is 9.62 Å². The molecule has 0 aliphatic carbocycles. The Kier molecular flexibility index (Phi) is 9.66. The minimum absolute atomic E-state index is 0.0764. The molecule has 0 unspecified atom stereocenters. The molecule has 1 N–H and O–H groups in total. The van der Waals surface area contributed by atoms with Crippen LogP contribution in [0.5, 0.6) is 0 Å². The second kappa shape index (κ2) is 11.5.